The van der Waals surface area contributed by atoms with E-state index in [2.05, 4.69) is 0 Å². The van der Waals surface area contributed by atoms with Crippen LogP contribution in [0.1, 0.15) is 33.3 Å². The lowest BCUT2D eigenvalue weighted by Gasteiger charge is -2.39. The van der Waals surface area contributed by atoms with Crippen molar-refractivity contribution in [2.75, 3.05) is 0 Å². The molecule has 0 spiro atoms. The molecule has 0 aliphatic carbocycles. The molecule has 1 atom stereocenters. The maximum absolute atomic E-state index is 12.1. The summed E-state index contributed by atoms with van der Waals surface area (Å²) in [6.07, 6.45) is 1.65. The number of hydrogen-bond acceptors (Lipinski definition) is 5. The fourth-order valence-corrected chi connectivity index (χ4v) is 2.76. The molecule has 2 heterocycles. The molecule has 3 rings (SSSR count). The highest BCUT2D eigenvalue weighted by Gasteiger charge is 2.41. The van der Waals surface area contributed by atoms with Crippen LogP contribution in [-0.4, -0.2) is 17.7 Å². The fourth-order valence-electron chi connectivity index (χ4n) is 2.76. The first kappa shape index (κ1) is 16.3. The molecule has 24 heavy (non-hydrogen) atoms. The van der Waals surface area contributed by atoms with Gasteiger partial charge in [0.05, 0.1) is 0 Å². The molecular formula is C19H20O5. The van der Waals surface area contributed by atoms with Crippen LogP contribution in [0.3, 0.4) is 0 Å². The lowest BCUT2D eigenvalue weighted by atomic mass is 9.90. The second kappa shape index (κ2) is 5.82. The summed E-state index contributed by atoms with van der Waals surface area (Å²) in [4.78, 5) is 23.7. The molecule has 0 saturated heterocycles. The van der Waals surface area contributed by atoms with Gasteiger partial charge in [0.25, 0.3) is 0 Å². The average molecular weight is 328 g/mol. The normalized spacial score (nSPS) is 19.5. The number of carbonyl (C=O) groups excluding carboxylic acids is 1. The molecule has 1 aliphatic rings. The summed E-state index contributed by atoms with van der Waals surface area (Å²) in [7, 11) is 0. The molecule has 0 fully saturated rings. The van der Waals surface area contributed by atoms with E-state index in [1.807, 2.05) is 26.0 Å². The SMILES string of the molecule is C/C=C(/C)C(=O)O[C@@H]1Cc2c(ccc3ccc(=O)oc23)OC1(C)C. The van der Waals surface area contributed by atoms with E-state index in [-0.39, 0.29) is 5.97 Å². The second-order valence-electron chi connectivity index (χ2n) is 6.49. The smallest absolute Gasteiger partial charge is 0.336 e. The molecule has 1 aromatic carbocycles. The van der Waals surface area contributed by atoms with E-state index < -0.39 is 17.3 Å². The van der Waals surface area contributed by atoms with Gasteiger partial charge in [-0.3, -0.25) is 0 Å². The highest BCUT2D eigenvalue weighted by molar-refractivity contribution is 5.88. The van der Waals surface area contributed by atoms with Crippen LogP contribution < -0.4 is 10.4 Å². The number of benzene rings is 1. The van der Waals surface area contributed by atoms with E-state index in [0.29, 0.717) is 23.3 Å². The van der Waals surface area contributed by atoms with Gasteiger partial charge in [-0.1, -0.05) is 6.08 Å². The third kappa shape index (κ3) is 2.82. The molecule has 126 valence electrons. The van der Waals surface area contributed by atoms with Crippen LogP contribution in [0.2, 0.25) is 0 Å². The summed E-state index contributed by atoms with van der Waals surface area (Å²) in [6, 6.07) is 6.81. The zero-order valence-corrected chi connectivity index (χ0v) is 14.2. The van der Waals surface area contributed by atoms with Crippen LogP contribution >= 0.6 is 0 Å². The molecular weight excluding hydrogens is 308 g/mol. The highest BCUT2D eigenvalue weighted by atomic mass is 16.6. The number of allylic oxidation sites excluding steroid dienone is 1. The van der Waals surface area contributed by atoms with Crippen molar-refractivity contribution in [3.05, 3.63) is 51.9 Å². The maximum atomic E-state index is 12.1. The molecule has 0 unspecified atom stereocenters. The zero-order chi connectivity index (χ0) is 17.5. The maximum Gasteiger partial charge on any atom is 0.336 e. The van der Waals surface area contributed by atoms with Gasteiger partial charge in [-0.05, 0) is 45.9 Å². The standard InChI is InChI=1S/C19H20O5/c1-5-11(2)18(21)22-15-10-13-14(24-19(15,3)4)8-6-12-7-9-16(20)23-17(12)13/h5-9,15H,10H2,1-4H3/b11-5-/t15-/m1/s1. The first-order valence-corrected chi connectivity index (χ1v) is 7.90. The lowest BCUT2D eigenvalue weighted by molar-refractivity contribution is -0.156. The Morgan fingerprint density at radius 3 is 2.71 bits per heavy atom. The molecule has 0 amide bonds. The van der Waals surface area contributed by atoms with Crippen LogP contribution in [0.15, 0.2) is 45.1 Å². The second-order valence-corrected chi connectivity index (χ2v) is 6.49. The Morgan fingerprint density at radius 1 is 1.29 bits per heavy atom. The molecule has 5 heteroatoms. The Labute approximate surface area is 139 Å². The third-order valence-electron chi connectivity index (χ3n) is 4.39. The summed E-state index contributed by atoms with van der Waals surface area (Å²) in [6.45, 7) is 7.26. The van der Waals surface area contributed by atoms with Gasteiger partial charge >= 0.3 is 11.6 Å². The first-order chi connectivity index (χ1) is 11.3. The highest BCUT2D eigenvalue weighted by Crippen LogP contribution is 2.38. The Kier molecular flexibility index (Phi) is 3.95. The van der Waals surface area contributed by atoms with E-state index in [4.69, 9.17) is 13.9 Å². The largest absolute Gasteiger partial charge is 0.484 e. The molecule has 5 nitrogen and oxygen atoms in total. The van der Waals surface area contributed by atoms with Gasteiger partial charge in [0.1, 0.15) is 23.0 Å². The summed E-state index contributed by atoms with van der Waals surface area (Å²) >= 11 is 0. The fraction of sp³-hybridized carbons (Fsp3) is 0.368. The van der Waals surface area contributed by atoms with Gasteiger partial charge in [-0.15, -0.1) is 0 Å². The molecule has 1 aromatic heterocycles. The number of ether oxygens (including phenoxy) is 2. The third-order valence-corrected chi connectivity index (χ3v) is 4.39. The number of hydrogen-bond donors (Lipinski definition) is 0. The van der Waals surface area contributed by atoms with Crippen molar-refractivity contribution in [2.24, 2.45) is 0 Å². The molecule has 1 aliphatic heterocycles. The molecule has 0 radical (unpaired) electrons. The van der Waals surface area contributed by atoms with E-state index in [1.165, 1.54) is 6.07 Å². The van der Waals surface area contributed by atoms with Crippen LogP contribution in [0, 0.1) is 0 Å². The summed E-state index contributed by atoms with van der Waals surface area (Å²) in [5.74, 6) is 0.279. The van der Waals surface area contributed by atoms with Crippen molar-refractivity contribution in [3.8, 4) is 5.75 Å². The van der Waals surface area contributed by atoms with Crippen LogP contribution in [0.25, 0.3) is 11.0 Å². The van der Waals surface area contributed by atoms with Gasteiger partial charge in [0.2, 0.25) is 0 Å². The van der Waals surface area contributed by atoms with Crippen molar-refractivity contribution in [2.45, 2.75) is 45.8 Å². The van der Waals surface area contributed by atoms with E-state index >= 15 is 0 Å². The minimum Gasteiger partial charge on any atom is -0.484 e. The summed E-state index contributed by atoms with van der Waals surface area (Å²) in [5.41, 5.74) is 0.680. The van der Waals surface area contributed by atoms with Crippen molar-refractivity contribution < 1.29 is 18.7 Å². The predicted molar refractivity (Wildman–Crippen MR) is 90.2 cm³/mol. The van der Waals surface area contributed by atoms with E-state index in [0.717, 1.165) is 10.9 Å². The topological polar surface area (TPSA) is 65.7 Å². The number of fused-ring (bicyclic) bond motifs is 3. The zero-order valence-electron chi connectivity index (χ0n) is 14.2. The molecule has 0 N–H and O–H groups in total. The van der Waals surface area contributed by atoms with E-state index in [1.54, 1.807) is 26.0 Å². The molecule has 2 aromatic rings. The van der Waals surface area contributed by atoms with Gasteiger partial charge in [0.15, 0.2) is 0 Å². The van der Waals surface area contributed by atoms with Gasteiger partial charge < -0.3 is 13.9 Å². The Hall–Kier alpha value is -2.56. The van der Waals surface area contributed by atoms with Crippen molar-refractivity contribution >= 4 is 16.9 Å². The monoisotopic (exact) mass is 328 g/mol. The van der Waals surface area contributed by atoms with Gasteiger partial charge in [-0.25, -0.2) is 9.59 Å². The Bertz CT molecular complexity index is 888. The quantitative estimate of drug-likeness (QED) is 0.480. The minimum atomic E-state index is -0.681. The van der Waals surface area contributed by atoms with Crippen LogP contribution in [-0.2, 0) is 16.0 Å². The number of rotatable bonds is 2. The van der Waals surface area contributed by atoms with Crippen molar-refractivity contribution in [1.29, 1.82) is 0 Å². The minimum absolute atomic E-state index is 0.371. The number of carbonyl (C=O) groups is 1. The van der Waals surface area contributed by atoms with Crippen LogP contribution in [0.5, 0.6) is 5.75 Å². The van der Waals surface area contributed by atoms with Gasteiger partial charge in [0, 0.05) is 29.0 Å². The lowest BCUT2D eigenvalue weighted by Crippen LogP contribution is -2.49. The molecule has 0 saturated carbocycles. The first-order valence-electron chi connectivity index (χ1n) is 7.90. The van der Waals surface area contributed by atoms with Crippen molar-refractivity contribution in [3.63, 3.8) is 0 Å². The number of esters is 1. The van der Waals surface area contributed by atoms with E-state index in [9.17, 15) is 9.59 Å². The Morgan fingerprint density at radius 2 is 2.00 bits per heavy atom. The average Bonchev–Trinajstić information content (AvgIpc) is 2.54. The summed E-state index contributed by atoms with van der Waals surface area (Å²) < 4.78 is 17.0. The van der Waals surface area contributed by atoms with Crippen LogP contribution in [0.4, 0.5) is 0 Å². The van der Waals surface area contributed by atoms with Crippen molar-refractivity contribution in [1.82, 2.24) is 0 Å². The van der Waals surface area contributed by atoms with Gasteiger partial charge in [-0.2, -0.15) is 0 Å². The molecule has 0 bridgehead atoms. The Balaban J connectivity index is 2.04. The predicted octanol–water partition coefficient (Wildman–Crippen LogP) is 3.38. The summed E-state index contributed by atoms with van der Waals surface area (Å²) in [5, 5.41) is 0.811.